The van der Waals surface area contributed by atoms with Crippen molar-refractivity contribution in [2.24, 2.45) is 0 Å². The van der Waals surface area contributed by atoms with E-state index in [4.69, 9.17) is 0 Å². The summed E-state index contributed by atoms with van der Waals surface area (Å²) in [5.41, 5.74) is 0.978. The van der Waals surface area contributed by atoms with Crippen LogP contribution in [-0.2, 0) is 0 Å². The predicted molar refractivity (Wildman–Crippen MR) is 54.7 cm³/mol. The zero-order valence-corrected chi connectivity index (χ0v) is 9.15. The highest BCUT2D eigenvalue weighted by molar-refractivity contribution is 5.21. The van der Waals surface area contributed by atoms with Crippen LogP contribution in [0.15, 0.2) is 23.6 Å². The van der Waals surface area contributed by atoms with E-state index in [2.05, 4.69) is 0 Å². The minimum atomic E-state index is -4.11. The number of rotatable bonds is 4. The topological polar surface area (TPSA) is 3.24 Å². The molecule has 0 aromatic rings. The van der Waals surface area contributed by atoms with E-state index in [1.54, 1.807) is 18.0 Å². The highest BCUT2D eigenvalue weighted by Gasteiger charge is 2.27. The van der Waals surface area contributed by atoms with Crippen molar-refractivity contribution in [1.29, 1.82) is 0 Å². The monoisotopic (exact) mass is 237 g/mol. The lowest BCUT2D eigenvalue weighted by Gasteiger charge is -2.20. The van der Waals surface area contributed by atoms with Crippen molar-refractivity contribution >= 4 is 0 Å². The smallest absolute Gasteiger partial charge is 0.302 e. The molecule has 0 aromatic carbocycles. The number of allylic oxidation sites excluding steroid dienone is 3. The maximum atomic E-state index is 12.7. The van der Waals surface area contributed by atoms with E-state index in [1.165, 1.54) is 6.08 Å². The fourth-order valence-electron chi connectivity index (χ4n) is 1.53. The lowest BCUT2D eigenvalue weighted by atomic mass is 10.0. The third-order valence-electron chi connectivity index (χ3n) is 2.43. The van der Waals surface area contributed by atoms with Crippen molar-refractivity contribution in [3.8, 4) is 0 Å². The Kier molecular flexibility index (Phi) is 4.53. The molecule has 0 amide bonds. The van der Waals surface area contributed by atoms with Crippen LogP contribution < -0.4 is 0 Å². The highest BCUT2D eigenvalue weighted by Crippen LogP contribution is 2.22. The first-order valence-electron chi connectivity index (χ1n) is 5.16. The minimum Gasteiger partial charge on any atom is -0.302 e. The summed E-state index contributed by atoms with van der Waals surface area (Å²) in [6.07, 6.45) is -0.917. The van der Waals surface area contributed by atoms with E-state index >= 15 is 0 Å². The number of halogens is 4. The molecule has 5 heteroatoms. The van der Waals surface area contributed by atoms with E-state index in [0.717, 1.165) is 5.57 Å². The van der Waals surface area contributed by atoms with Gasteiger partial charge < -0.3 is 4.90 Å². The third kappa shape index (κ3) is 5.30. The number of hydrogen-bond acceptors (Lipinski definition) is 1. The maximum absolute atomic E-state index is 12.7. The maximum Gasteiger partial charge on any atom is 0.390 e. The van der Waals surface area contributed by atoms with Gasteiger partial charge >= 0.3 is 6.18 Å². The molecule has 0 fully saturated rings. The summed E-state index contributed by atoms with van der Waals surface area (Å²) in [5.74, 6) is -0.165. The fraction of sp³-hybridized carbons (Fsp3) is 0.636. The summed E-state index contributed by atoms with van der Waals surface area (Å²) < 4.78 is 48.5. The molecule has 0 aromatic heterocycles. The molecule has 0 N–H and O–H groups in total. The second-order valence-corrected chi connectivity index (χ2v) is 4.04. The second kappa shape index (κ2) is 5.48. The molecular weight excluding hydrogens is 222 g/mol. The molecule has 1 aliphatic carbocycles. The molecule has 0 radical (unpaired) electrons. The van der Waals surface area contributed by atoms with Gasteiger partial charge in [-0.2, -0.15) is 13.2 Å². The van der Waals surface area contributed by atoms with Crippen molar-refractivity contribution in [2.45, 2.75) is 25.4 Å². The van der Waals surface area contributed by atoms with Gasteiger partial charge in [0.05, 0.1) is 6.42 Å². The Balaban J connectivity index is 2.32. The first kappa shape index (κ1) is 13.2. The molecule has 0 aliphatic heterocycles. The number of hydrogen-bond donors (Lipinski definition) is 0. The average Bonchev–Trinajstić information content (AvgIpc) is 2.18. The van der Waals surface area contributed by atoms with Gasteiger partial charge in [0.2, 0.25) is 0 Å². The predicted octanol–water partition coefficient (Wildman–Crippen LogP) is 3.44. The Morgan fingerprint density at radius 3 is 2.44 bits per heavy atom. The van der Waals surface area contributed by atoms with E-state index in [-0.39, 0.29) is 12.4 Å². The Hall–Kier alpha value is -0.840. The van der Waals surface area contributed by atoms with Crippen LogP contribution in [-0.4, -0.2) is 31.2 Å². The largest absolute Gasteiger partial charge is 0.390 e. The van der Waals surface area contributed by atoms with Gasteiger partial charge in [-0.3, -0.25) is 0 Å². The SMILES string of the molecule is CN(CCC(F)(F)F)CC1=CC=C(F)CC1. The third-order valence-corrected chi connectivity index (χ3v) is 2.43. The zero-order chi connectivity index (χ0) is 12.2. The second-order valence-electron chi connectivity index (χ2n) is 4.04. The van der Waals surface area contributed by atoms with Crippen LogP contribution >= 0.6 is 0 Å². The Morgan fingerprint density at radius 1 is 1.25 bits per heavy atom. The van der Waals surface area contributed by atoms with Gasteiger partial charge in [0, 0.05) is 19.5 Å². The molecule has 0 heterocycles. The Morgan fingerprint density at radius 2 is 1.94 bits per heavy atom. The van der Waals surface area contributed by atoms with Crippen molar-refractivity contribution in [1.82, 2.24) is 4.90 Å². The fourth-order valence-corrected chi connectivity index (χ4v) is 1.53. The first-order valence-corrected chi connectivity index (χ1v) is 5.16. The van der Waals surface area contributed by atoms with Gasteiger partial charge in [0.1, 0.15) is 5.83 Å². The van der Waals surface area contributed by atoms with E-state index in [9.17, 15) is 17.6 Å². The average molecular weight is 237 g/mol. The molecule has 1 nitrogen and oxygen atoms in total. The summed E-state index contributed by atoms with van der Waals surface area (Å²) in [4.78, 5) is 1.61. The quantitative estimate of drug-likeness (QED) is 0.677. The van der Waals surface area contributed by atoms with E-state index in [0.29, 0.717) is 19.4 Å². The van der Waals surface area contributed by atoms with Crippen LogP contribution in [0, 0.1) is 0 Å². The molecule has 92 valence electrons. The molecule has 0 saturated heterocycles. The standard InChI is InChI=1S/C11H15F4N/c1-16(7-6-11(13,14)15)8-9-2-4-10(12)5-3-9/h2,4H,3,5-8H2,1H3. The molecule has 16 heavy (non-hydrogen) atoms. The lowest BCUT2D eigenvalue weighted by Crippen LogP contribution is -2.26. The Labute approximate surface area is 92.4 Å². The molecule has 0 unspecified atom stereocenters. The number of alkyl halides is 3. The molecule has 0 atom stereocenters. The van der Waals surface area contributed by atoms with Crippen LogP contribution in [0.2, 0.25) is 0 Å². The summed E-state index contributed by atoms with van der Waals surface area (Å²) >= 11 is 0. The summed E-state index contributed by atoms with van der Waals surface area (Å²) in [6, 6.07) is 0. The summed E-state index contributed by atoms with van der Waals surface area (Å²) in [6.45, 7) is 0.451. The van der Waals surface area contributed by atoms with Crippen molar-refractivity contribution in [3.05, 3.63) is 23.6 Å². The van der Waals surface area contributed by atoms with Gasteiger partial charge in [0.15, 0.2) is 0 Å². The number of nitrogens with zero attached hydrogens (tertiary/aromatic N) is 1. The van der Waals surface area contributed by atoms with Gasteiger partial charge in [-0.15, -0.1) is 0 Å². The molecule has 0 bridgehead atoms. The van der Waals surface area contributed by atoms with Gasteiger partial charge in [0.25, 0.3) is 0 Å². The van der Waals surface area contributed by atoms with E-state index in [1.807, 2.05) is 0 Å². The molecule has 0 spiro atoms. The van der Waals surface area contributed by atoms with Crippen molar-refractivity contribution in [3.63, 3.8) is 0 Å². The molecule has 1 rings (SSSR count). The van der Waals surface area contributed by atoms with Crippen LogP contribution in [0.3, 0.4) is 0 Å². The lowest BCUT2D eigenvalue weighted by molar-refractivity contribution is -0.137. The van der Waals surface area contributed by atoms with Crippen LogP contribution in [0.1, 0.15) is 19.3 Å². The van der Waals surface area contributed by atoms with Gasteiger partial charge in [-0.25, -0.2) is 4.39 Å². The van der Waals surface area contributed by atoms with Gasteiger partial charge in [-0.1, -0.05) is 11.6 Å². The molecular formula is C11H15F4N. The highest BCUT2D eigenvalue weighted by atomic mass is 19.4. The van der Waals surface area contributed by atoms with Crippen molar-refractivity contribution in [2.75, 3.05) is 20.1 Å². The Bertz CT molecular complexity index is 291. The first-order chi connectivity index (χ1) is 7.37. The van der Waals surface area contributed by atoms with Crippen LogP contribution in [0.4, 0.5) is 17.6 Å². The normalized spacial score (nSPS) is 17.4. The molecule has 1 aliphatic rings. The summed E-state index contributed by atoms with van der Waals surface area (Å²) in [7, 11) is 1.64. The van der Waals surface area contributed by atoms with Crippen LogP contribution in [0.5, 0.6) is 0 Å². The minimum absolute atomic E-state index is 0.0208. The zero-order valence-electron chi connectivity index (χ0n) is 9.15. The molecule has 0 saturated carbocycles. The van der Waals surface area contributed by atoms with Crippen LogP contribution in [0.25, 0.3) is 0 Å². The summed E-state index contributed by atoms with van der Waals surface area (Å²) in [5, 5.41) is 0. The van der Waals surface area contributed by atoms with E-state index < -0.39 is 12.6 Å². The van der Waals surface area contributed by atoms with Crippen molar-refractivity contribution < 1.29 is 17.6 Å². The number of likely N-dealkylation sites (N-methyl/N-ethyl adjacent to an activating group) is 1. The van der Waals surface area contributed by atoms with Gasteiger partial charge in [-0.05, 0) is 19.5 Å².